The molecule has 3 N–H and O–H groups in total. The van der Waals surface area contributed by atoms with Gasteiger partial charge in [-0.15, -0.1) is 11.8 Å². The number of anilines is 2. The highest BCUT2D eigenvalue weighted by Gasteiger charge is 2.13. The molecular formula is C14H13ClN2OS. The first kappa shape index (κ1) is 13.8. The normalized spacial score (nSPS) is 10.2. The molecule has 0 bridgehead atoms. The van der Waals surface area contributed by atoms with E-state index in [0.717, 1.165) is 10.6 Å². The average molecular weight is 293 g/mol. The number of hydrogen-bond donors (Lipinski definition) is 2. The van der Waals surface area contributed by atoms with Crippen molar-refractivity contribution < 1.29 is 4.79 Å². The summed E-state index contributed by atoms with van der Waals surface area (Å²) in [6.45, 7) is 0. The molecule has 2 aromatic rings. The topological polar surface area (TPSA) is 55.1 Å². The molecule has 0 aliphatic heterocycles. The number of thioether (sulfide) groups is 1. The van der Waals surface area contributed by atoms with E-state index in [1.807, 2.05) is 30.5 Å². The van der Waals surface area contributed by atoms with Crippen molar-refractivity contribution in [2.24, 2.45) is 0 Å². The molecule has 1 amide bonds. The summed E-state index contributed by atoms with van der Waals surface area (Å²) >= 11 is 7.48. The van der Waals surface area contributed by atoms with Gasteiger partial charge in [-0.25, -0.2) is 0 Å². The van der Waals surface area contributed by atoms with Crippen LogP contribution in [0.3, 0.4) is 0 Å². The van der Waals surface area contributed by atoms with E-state index in [-0.39, 0.29) is 5.91 Å². The fourth-order valence-corrected chi connectivity index (χ4v) is 2.40. The highest BCUT2D eigenvalue weighted by atomic mass is 35.5. The highest BCUT2D eigenvalue weighted by Crippen LogP contribution is 2.27. The Labute approximate surface area is 121 Å². The number of nitrogen functional groups attached to an aromatic ring is 1. The predicted molar refractivity (Wildman–Crippen MR) is 82.0 cm³/mol. The molecule has 0 atom stereocenters. The average Bonchev–Trinajstić information content (AvgIpc) is 2.42. The van der Waals surface area contributed by atoms with E-state index in [4.69, 9.17) is 17.3 Å². The van der Waals surface area contributed by atoms with Gasteiger partial charge in [-0.05, 0) is 30.5 Å². The van der Waals surface area contributed by atoms with Crippen molar-refractivity contribution >= 4 is 40.6 Å². The number of halogens is 1. The lowest BCUT2D eigenvalue weighted by Crippen LogP contribution is -2.14. The van der Waals surface area contributed by atoms with Crippen LogP contribution in [0.1, 0.15) is 10.4 Å². The molecule has 0 aliphatic rings. The van der Waals surface area contributed by atoms with Gasteiger partial charge < -0.3 is 11.1 Å². The second-order valence-electron chi connectivity index (χ2n) is 3.86. The minimum Gasteiger partial charge on any atom is -0.397 e. The molecule has 2 aromatic carbocycles. The van der Waals surface area contributed by atoms with Crippen LogP contribution in [-0.4, -0.2) is 12.2 Å². The van der Waals surface area contributed by atoms with Crippen LogP contribution in [0.5, 0.6) is 0 Å². The van der Waals surface area contributed by atoms with Gasteiger partial charge in [-0.2, -0.15) is 0 Å². The van der Waals surface area contributed by atoms with Crippen LogP contribution in [0.2, 0.25) is 5.02 Å². The number of amides is 1. The first-order valence-corrected chi connectivity index (χ1v) is 7.22. The molecule has 5 heteroatoms. The third kappa shape index (κ3) is 3.03. The van der Waals surface area contributed by atoms with E-state index in [2.05, 4.69) is 5.32 Å². The summed E-state index contributed by atoms with van der Waals surface area (Å²) in [6.07, 6.45) is 1.96. The van der Waals surface area contributed by atoms with Crippen molar-refractivity contribution in [1.82, 2.24) is 0 Å². The molecule has 19 heavy (non-hydrogen) atoms. The zero-order valence-electron chi connectivity index (χ0n) is 10.3. The fraction of sp³-hybridized carbons (Fsp3) is 0.0714. The van der Waals surface area contributed by atoms with E-state index in [9.17, 15) is 4.79 Å². The zero-order valence-corrected chi connectivity index (χ0v) is 11.9. The molecule has 0 unspecified atom stereocenters. The van der Waals surface area contributed by atoms with Crippen molar-refractivity contribution in [2.75, 3.05) is 17.3 Å². The lowest BCUT2D eigenvalue weighted by Gasteiger charge is -2.11. The molecule has 2 rings (SSSR count). The Morgan fingerprint density at radius 3 is 2.68 bits per heavy atom. The summed E-state index contributed by atoms with van der Waals surface area (Å²) < 4.78 is 0. The third-order valence-electron chi connectivity index (χ3n) is 2.65. The maximum absolute atomic E-state index is 12.2. The van der Waals surface area contributed by atoms with E-state index < -0.39 is 0 Å². The number of benzene rings is 2. The first-order valence-electron chi connectivity index (χ1n) is 5.62. The summed E-state index contributed by atoms with van der Waals surface area (Å²) in [6, 6.07) is 12.6. The van der Waals surface area contributed by atoms with Gasteiger partial charge in [0.15, 0.2) is 0 Å². The first-order chi connectivity index (χ1) is 9.13. The third-order valence-corrected chi connectivity index (χ3v) is 3.78. The Hall–Kier alpha value is -1.65. The van der Waals surface area contributed by atoms with Crippen LogP contribution in [0.25, 0.3) is 0 Å². The Morgan fingerprint density at radius 1 is 1.21 bits per heavy atom. The van der Waals surface area contributed by atoms with Gasteiger partial charge >= 0.3 is 0 Å². The summed E-state index contributed by atoms with van der Waals surface area (Å²) in [5.74, 6) is -0.262. The minimum atomic E-state index is -0.262. The van der Waals surface area contributed by atoms with Crippen LogP contribution in [0.15, 0.2) is 47.4 Å². The van der Waals surface area contributed by atoms with Crippen molar-refractivity contribution in [3.63, 3.8) is 0 Å². The van der Waals surface area contributed by atoms with E-state index >= 15 is 0 Å². The quantitative estimate of drug-likeness (QED) is 0.666. The Morgan fingerprint density at radius 2 is 1.95 bits per heavy atom. The highest BCUT2D eigenvalue weighted by molar-refractivity contribution is 7.98. The molecule has 0 spiro atoms. The van der Waals surface area contributed by atoms with Gasteiger partial charge in [0.1, 0.15) is 0 Å². The minimum absolute atomic E-state index is 0.262. The SMILES string of the molecule is CSc1ccccc1NC(=O)c1cccc(Cl)c1N. The Balaban J connectivity index is 2.28. The summed E-state index contributed by atoms with van der Waals surface area (Å²) in [5.41, 5.74) is 7.25. The largest absolute Gasteiger partial charge is 0.397 e. The standard InChI is InChI=1S/C14H13ClN2OS/c1-19-12-8-3-2-7-11(12)17-14(18)9-5-4-6-10(15)13(9)16/h2-8H,16H2,1H3,(H,17,18). The maximum Gasteiger partial charge on any atom is 0.257 e. The molecule has 0 radical (unpaired) electrons. The van der Waals surface area contributed by atoms with Gasteiger partial charge in [0.25, 0.3) is 5.91 Å². The second kappa shape index (κ2) is 5.99. The molecule has 0 fully saturated rings. The molecule has 98 valence electrons. The van der Waals surface area contributed by atoms with Crippen LogP contribution in [0.4, 0.5) is 11.4 Å². The van der Waals surface area contributed by atoms with E-state index in [1.54, 1.807) is 30.0 Å². The van der Waals surface area contributed by atoms with E-state index in [0.29, 0.717) is 16.3 Å². The molecule has 0 saturated heterocycles. The second-order valence-corrected chi connectivity index (χ2v) is 5.11. The monoisotopic (exact) mass is 292 g/mol. The lowest BCUT2D eigenvalue weighted by atomic mass is 10.1. The number of carbonyl (C=O) groups excluding carboxylic acids is 1. The maximum atomic E-state index is 12.2. The molecule has 0 aromatic heterocycles. The molecule has 3 nitrogen and oxygen atoms in total. The number of nitrogens with two attached hydrogens (primary N) is 1. The van der Waals surface area contributed by atoms with Crippen molar-refractivity contribution in [3.05, 3.63) is 53.1 Å². The van der Waals surface area contributed by atoms with Gasteiger partial charge in [0.05, 0.1) is 22.0 Å². The van der Waals surface area contributed by atoms with Crippen LogP contribution >= 0.6 is 23.4 Å². The molecule has 0 aliphatic carbocycles. The smallest absolute Gasteiger partial charge is 0.257 e. The zero-order chi connectivity index (χ0) is 13.8. The number of nitrogens with one attached hydrogen (secondary N) is 1. The number of carbonyl (C=O) groups is 1. The Kier molecular flexibility index (Phi) is 4.35. The molecular weight excluding hydrogens is 280 g/mol. The van der Waals surface area contributed by atoms with Gasteiger partial charge in [0.2, 0.25) is 0 Å². The summed E-state index contributed by atoms with van der Waals surface area (Å²) in [5, 5.41) is 3.23. The summed E-state index contributed by atoms with van der Waals surface area (Å²) in [7, 11) is 0. The number of hydrogen-bond acceptors (Lipinski definition) is 3. The Bertz CT molecular complexity index is 616. The van der Waals surface area contributed by atoms with Crippen LogP contribution in [-0.2, 0) is 0 Å². The van der Waals surface area contributed by atoms with E-state index in [1.165, 1.54) is 0 Å². The van der Waals surface area contributed by atoms with Gasteiger partial charge in [-0.1, -0.05) is 29.8 Å². The number of rotatable bonds is 3. The fourth-order valence-electron chi connectivity index (χ4n) is 1.67. The molecule has 0 saturated carbocycles. The van der Waals surface area contributed by atoms with Crippen molar-refractivity contribution in [1.29, 1.82) is 0 Å². The van der Waals surface area contributed by atoms with Crippen LogP contribution < -0.4 is 11.1 Å². The van der Waals surface area contributed by atoms with Crippen molar-refractivity contribution in [2.45, 2.75) is 4.90 Å². The van der Waals surface area contributed by atoms with Crippen molar-refractivity contribution in [3.8, 4) is 0 Å². The molecule has 0 heterocycles. The van der Waals surface area contributed by atoms with Crippen LogP contribution in [0, 0.1) is 0 Å². The van der Waals surface area contributed by atoms with Gasteiger partial charge in [-0.3, -0.25) is 4.79 Å². The van der Waals surface area contributed by atoms with Gasteiger partial charge in [0, 0.05) is 4.90 Å². The predicted octanol–water partition coefficient (Wildman–Crippen LogP) is 3.90. The number of para-hydroxylation sites is 2. The lowest BCUT2D eigenvalue weighted by molar-refractivity contribution is 0.102. The summed E-state index contributed by atoms with van der Waals surface area (Å²) in [4.78, 5) is 13.2.